The van der Waals surface area contributed by atoms with Crippen molar-refractivity contribution in [1.82, 2.24) is 0 Å². The topological polar surface area (TPSA) is 36.9 Å². The maximum atomic E-state index is 5.99. The average Bonchev–Trinajstić information content (AvgIpc) is 2.78. The van der Waals surface area contributed by atoms with Crippen LogP contribution in [0.4, 0.5) is 0 Å². The second-order valence-corrected chi connectivity index (χ2v) is 4.56. The van der Waals surface area contributed by atoms with Crippen molar-refractivity contribution in [1.29, 1.82) is 0 Å². The first-order valence-electron chi connectivity index (χ1n) is 6.08. The van der Waals surface area contributed by atoms with E-state index in [0.29, 0.717) is 26.4 Å². The SMILES string of the molecule is ClCC1(c2ccc3c(c2)OCCCO3)OCCO1. The maximum absolute atomic E-state index is 5.99. The van der Waals surface area contributed by atoms with Gasteiger partial charge in [-0.1, -0.05) is 0 Å². The van der Waals surface area contributed by atoms with Crippen LogP contribution in [-0.2, 0) is 15.3 Å². The van der Waals surface area contributed by atoms with Crippen molar-refractivity contribution in [2.75, 3.05) is 32.3 Å². The molecule has 1 aromatic carbocycles. The predicted octanol–water partition coefficient (Wildman–Crippen LogP) is 2.29. The summed E-state index contributed by atoms with van der Waals surface area (Å²) < 4.78 is 22.5. The molecule has 2 aliphatic rings. The minimum Gasteiger partial charge on any atom is -0.490 e. The van der Waals surface area contributed by atoms with E-state index in [1.807, 2.05) is 18.2 Å². The third-order valence-electron chi connectivity index (χ3n) is 3.12. The van der Waals surface area contributed by atoms with E-state index >= 15 is 0 Å². The molecule has 0 atom stereocenters. The lowest BCUT2D eigenvalue weighted by molar-refractivity contribution is -0.146. The van der Waals surface area contributed by atoms with Crippen molar-refractivity contribution < 1.29 is 18.9 Å². The van der Waals surface area contributed by atoms with Crippen molar-refractivity contribution in [3.63, 3.8) is 0 Å². The molecule has 2 heterocycles. The zero-order chi connectivity index (χ0) is 12.4. The fraction of sp³-hybridized carbons (Fsp3) is 0.538. The standard InChI is InChI=1S/C13H15ClO4/c14-9-13(17-6-7-18-13)10-2-3-11-12(8-10)16-5-1-4-15-11/h2-3,8H,1,4-7,9H2. The molecule has 5 heteroatoms. The molecule has 0 radical (unpaired) electrons. The molecule has 0 spiro atoms. The van der Waals surface area contributed by atoms with Crippen molar-refractivity contribution in [3.05, 3.63) is 23.8 Å². The van der Waals surface area contributed by atoms with Gasteiger partial charge in [-0.25, -0.2) is 0 Å². The number of alkyl halides is 1. The van der Waals surface area contributed by atoms with Gasteiger partial charge in [0.1, 0.15) is 0 Å². The molecule has 0 N–H and O–H groups in total. The highest BCUT2D eigenvalue weighted by Crippen LogP contribution is 2.38. The molecule has 0 saturated carbocycles. The van der Waals surface area contributed by atoms with E-state index in [1.54, 1.807) is 0 Å². The number of fused-ring (bicyclic) bond motifs is 1. The first-order chi connectivity index (χ1) is 8.84. The largest absolute Gasteiger partial charge is 0.490 e. The van der Waals surface area contributed by atoms with Crippen LogP contribution in [0.1, 0.15) is 12.0 Å². The lowest BCUT2D eigenvalue weighted by atomic mass is 10.1. The summed E-state index contributed by atoms with van der Waals surface area (Å²) in [5, 5.41) is 0. The highest BCUT2D eigenvalue weighted by atomic mass is 35.5. The molecule has 98 valence electrons. The maximum Gasteiger partial charge on any atom is 0.209 e. The second kappa shape index (κ2) is 4.96. The lowest BCUT2D eigenvalue weighted by Crippen LogP contribution is -2.29. The molecular formula is C13H15ClO4. The number of ether oxygens (including phenoxy) is 4. The monoisotopic (exact) mass is 270 g/mol. The number of hydrogen-bond acceptors (Lipinski definition) is 4. The van der Waals surface area contributed by atoms with Crippen LogP contribution < -0.4 is 9.47 Å². The molecule has 1 fully saturated rings. The van der Waals surface area contributed by atoms with Crippen LogP contribution in [-0.4, -0.2) is 32.3 Å². The van der Waals surface area contributed by atoms with Crippen LogP contribution in [0.5, 0.6) is 11.5 Å². The van der Waals surface area contributed by atoms with E-state index < -0.39 is 5.79 Å². The molecule has 0 aliphatic carbocycles. The average molecular weight is 271 g/mol. The Kier molecular flexibility index (Phi) is 3.33. The van der Waals surface area contributed by atoms with Crippen LogP contribution in [0.2, 0.25) is 0 Å². The zero-order valence-corrected chi connectivity index (χ0v) is 10.7. The van der Waals surface area contributed by atoms with E-state index in [9.17, 15) is 0 Å². The Bertz CT molecular complexity index is 429. The molecule has 0 amide bonds. The van der Waals surface area contributed by atoms with E-state index in [2.05, 4.69) is 0 Å². The first-order valence-corrected chi connectivity index (χ1v) is 6.61. The molecule has 3 rings (SSSR count). The van der Waals surface area contributed by atoms with Gasteiger partial charge in [0.15, 0.2) is 11.5 Å². The van der Waals surface area contributed by atoms with Gasteiger partial charge in [-0.05, 0) is 18.2 Å². The van der Waals surface area contributed by atoms with Gasteiger partial charge in [0.05, 0.1) is 32.3 Å². The summed E-state index contributed by atoms with van der Waals surface area (Å²) >= 11 is 5.99. The Morgan fingerprint density at radius 1 is 1.00 bits per heavy atom. The second-order valence-electron chi connectivity index (χ2n) is 4.30. The van der Waals surface area contributed by atoms with Crippen LogP contribution >= 0.6 is 11.6 Å². The van der Waals surface area contributed by atoms with Gasteiger partial charge in [0.2, 0.25) is 5.79 Å². The molecule has 0 aromatic heterocycles. The highest BCUT2D eigenvalue weighted by Gasteiger charge is 2.38. The Morgan fingerprint density at radius 2 is 1.72 bits per heavy atom. The number of hydrogen-bond donors (Lipinski definition) is 0. The molecule has 0 unspecified atom stereocenters. The summed E-state index contributed by atoms with van der Waals surface area (Å²) in [6.07, 6.45) is 0.887. The third kappa shape index (κ3) is 2.05. The van der Waals surface area contributed by atoms with Gasteiger partial charge >= 0.3 is 0 Å². The fourth-order valence-corrected chi connectivity index (χ4v) is 2.48. The Morgan fingerprint density at radius 3 is 2.44 bits per heavy atom. The normalized spacial score (nSPS) is 21.6. The summed E-state index contributed by atoms with van der Waals surface area (Å²) in [5.74, 6) is 0.909. The zero-order valence-electron chi connectivity index (χ0n) is 9.99. The Balaban J connectivity index is 1.95. The van der Waals surface area contributed by atoms with Crippen LogP contribution in [0, 0.1) is 0 Å². The lowest BCUT2D eigenvalue weighted by Gasteiger charge is -2.25. The van der Waals surface area contributed by atoms with E-state index in [0.717, 1.165) is 23.5 Å². The third-order valence-corrected chi connectivity index (χ3v) is 3.47. The summed E-state index contributed by atoms with van der Waals surface area (Å²) in [6.45, 7) is 2.45. The quantitative estimate of drug-likeness (QED) is 0.773. The fourth-order valence-electron chi connectivity index (χ4n) is 2.18. The molecule has 18 heavy (non-hydrogen) atoms. The van der Waals surface area contributed by atoms with Crippen LogP contribution in [0.15, 0.2) is 18.2 Å². The Hall–Kier alpha value is -0.970. The summed E-state index contributed by atoms with van der Waals surface area (Å²) in [4.78, 5) is 0. The van der Waals surface area contributed by atoms with Gasteiger partial charge in [0, 0.05) is 12.0 Å². The summed E-state index contributed by atoms with van der Waals surface area (Å²) in [7, 11) is 0. The number of halogens is 1. The van der Waals surface area contributed by atoms with Crippen LogP contribution in [0.3, 0.4) is 0 Å². The smallest absolute Gasteiger partial charge is 0.209 e. The number of benzene rings is 1. The molecular weight excluding hydrogens is 256 g/mol. The minimum atomic E-state index is -0.841. The summed E-state index contributed by atoms with van der Waals surface area (Å²) in [5.41, 5.74) is 0.874. The molecule has 1 saturated heterocycles. The Labute approximate surface area is 111 Å². The van der Waals surface area contributed by atoms with Crippen molar-refractivity contribution >= 4 is 11.6 Å². The molecule has 1 aromatic rings. The first kappa shape index (κ1) is 12.1. The van der Waals surface area contributed by atoms with Crippen molar-refractivity contribution in [2.24, 2.45) is 0 Å². The minimum absolute atomic E-state index is 0.257. The van der Waals surface area contributed by atoms with Gasteiger partial charge < -0.3 is 18.9 Å². The van der Waals surface area contributed by atoms with E-state index in [-0.39, 0.29) is 5.88 Å². The van der Waals surface area contributed by atoms with Gasteiger partial charge in [0.25, 0.3) is 0 Å². The van der Waals surface area contributed by atoms with Gasteiger partial charge in [-0.15, -0.1) is 11.6 Å². The predicted molar refractivity (Wildman–Crippen MR) is 66.4 cm³/mol. The van der Waals surface area contributed by atoms with E-state index in [1.165, 1.54) is 0 Å². The molecule has 2 aliphatic heterocycles. The summed E-state index contributed by atoms with van der Waals surface area (Å²) in [6, 6.07) is 5.70. The van der Waals surface area contributed by atoms with Crippen molar-refractivity contribution in [3.8, 4) is 11.5 Å². The molecule has 4 nitrogen and oxygen atoms in total. The van der Waals surface area contributed by atoms with Gasteiger partial charge in [-0.3, -0.25) is 0 Å². The van der Waals surface area contributed by atoms with Crippen LogP contribution in [0.25, 0.3) is 0 Å². The number of rotatable bonds is 2. The van der Waals surface area contributed by atoms with Gasteiger partial charge in [-0.2, -0.15) is 0 Å². The van der Waals surface area contributed by atoms with E-state index in [4.69, 9.17) is 30.5 Å². The highest BCUT2D eigenvalue weighted by molar-refractivity contribution is 6.18. The molecule has 0 bridgehead atoms. The van der Waals surface area contributed by atoms with Crippen molar-refractivity contribution in [2.45, 2.75) is 12.2 Å².